The number of nitrogens with one attached hydrogen (secondary N) is 1. The smallest absolute Gasteiger partial charge is 0.266 e. The number of aryl methyl sites for hydroxylation is 1. The molecule has 4 heteroatoms. The number of aliphatic hydroxyl groups is 1. The van der Waals surface area contributed by atoms with Crippen molar-refractivity contribution in [3.05, 3.63) is 22.1 Å². The zero-order valence-electron chi connectivity index (χ0n) is 7.92. The molecule has 0 aliphatic heterocycles. The molecule has 0 radical (unpaired) electrons. The number of aromatic nitrogens is 2. The second-order valence-electron chi connectivity index (χ2n) is 3.14. The van der Waals surface area contributed by atoms with Gasteiger partial charge < -0.3 is 5.11 Å². The van der Waals surface area contributed by atoms with E-state index in [-0.39, 0.29) is 12.2 Å². The number of H-pyrrole nitrogens is 1. The SMILES string of the molecule is CCCCCn1[nH]c(CO)cc1=O. The molecule has 1 aromatic heterocycles. The van der Waals surface area contributed by atoms with E-state index in [0.29, 0.717) is 12.2 Å². The first-order valence-corrected chi connectivity index (χ1v) is 4.67. The molecule has 2 N–H and O–H groups in total. The molecule has 0 saturated heterocycles. The first-order chi connectivity index (χ1) is 6.27. The van der Waals surface area contributed by atoms with E-state index in [2.05, 4.69) is 12.0 Å². The zero-order valence-corrected chi connectivity index (χ0v) is 7.92. The van der Waals surface area contributed by atoms with Gasteiger partial charge >= 0.3 is 0 Å². The number of aliphatic hydroxyl groups excluding tert-OH is 1. The molecule has 4 nitrogen and oxygen atoms in total. The lowest BCUT2D eigenvalue weighted by molar-refractivity contribution is 0.275. The highest BCUT2D eigenvalue weighted by Gasteiger charge is 2.00. The molecule has 13 heavy (non-hydrogen) atoms. The Kier molecular flexibility index (Phi) is 3.76. The summed E-state index contributed by atoms with van der Waals surface area (Å²) in [5.74, 6) is 0. The van der Waals surface area contributed by atoms with Crippen LogP contribution in [0.4, 0.5) is 0 Å². The Balaban J connectivity index is 2.55. The summed E-state index contributed by atoms with van der Waals surface area (Å²) in [6.45, 7) is 2.74. The van der Waals surface area contributed by atoms with Gasteiger partial charge in [-0.05, 0) is 6.42 Å². The van der Waals surface area contributed by atoms with Crippen molar-refractivity contribution in [2.24, 2.45) is 0 Å². The molecule has 1 rings (SSSR count). The predicted molar refractivity (Wildman–Crippen MR) is 50.5 cm³/mol. The second-order valence-corrected chi connectivity index (χ2v) is 3.14. The minimum Gasteiger partial charge on any atom is -0.390 e. The number of hydrogen-bond donors (Lipinski definition) is 2. The van der Waals surface area contributed by atoms with E-state index in [1.807, 2.05) is 0 Å². The van der Waals surface area contributed by atoms with Gasteiger partial charge in [-0.15, -0.1) is 0 Å². The third-order valence-corrected chi connectivity index (χ3v) is 2.00. The highest BCUT2D eigenvalue weighted by Crippen LogP contribution is 1.96. The van der Waals surface area contributed by atoms with Gasteiger partial charge in [-0.2, -0.15) is 0 Å². The molecule has 1 aromatic rings. The first kappa shape index (κ1) is 10.1. The van der Waals surface area contributed by atoms with Gasteiger partial charge in [-0.25, -0.2) is 0 Å². The van der Waals surface area contributed by atoms with Crippen molar-refractivity contribution in [3.8, 4) is 0 Å². The van der Waals surface area contributed by atoms with Crippen molar-refractivity contribution in [3.63, 3.8) is 0 Å². The van der Waals surface area contributed by atoms with E-state index in [9.17, 15) is 4.79 Å². The number of rotatable bonds is 5. The molecule has 1 heterocycles. The summed E-state index contributed by atoms with van der Waals surface area (Å²) in [6.07, 6.45) is 3.27. The summed E-state index contributed by atoms with van der Waals surface area (Å²) in [4.78, 5) is 11.2. The Labute approximate surface area is 77.2 Å². The summed E-state index contributed by atoms with van der Waals surface area (Å²) in [5.41, 5.74) is 0.529. The van der Waals surface area contributed by atoms with Crippen molar-refractivity contribution in [1.29, 1.82) is 0 Å². The van der Waals surface area contributed by atoms with Crippen LogP contribution in [0.5, 0.6) is 0 Å². The first-order valence-electron chi connectivity index (χ1n) is 4.67. The monoisotopic (exact) mass is 184 g/mol. The third kappa shape index (κ3) is 2.73. The molecule has 0 fully saturated rings. The van der Waals surface area contributed by atoms with Gasteiger partial charge in [0.2, 0.25) is 0 Å². The number of nitrogens with zero attached hydrogens (tertiary/aromatic N) is 1. The predicted octanol–water partition coefficient (Wildman–Crippen LogP) is 0.859. The van der Waals surface area contributed by atoms with Crippen molar-refractivity contribution in [2.75, 3.05) is 0 Å². The van der Waals surface area contributed by atoms with Gasteiger partial charge in [0.1, 0.15) is 0 Å². The second kappa shape index (κ2) is 4.87. The van der Waals surface area contributed by atoms with Crippen molar-refractivity contribution < 1.29 is 5.11 Å². The van der Waals surface area contributed by atoms with Crippen LogP contribution < -0.4 is 5.56 Å². The number of aromatic amines is 1. The fraction of sp³-hybridized carbons (Fsp3) is 0.667. The maximum absolute atomic E-state index is 11.2. The average Bonchev–Trinajstić information content (AvgIpc) is 2.48. The average molecular weight is 184 g/mol. The quantitative estimate of drug-likeness (QED) is 0.667. The topological polar surface area (TPSA) is 58.0 Å². The minimum absolute atomic E-state index is 0.0554. The normalized spacial score (nSPS) is 10.6. The molecule has 0 aliphatic carbocycles. The number of unbranched alkanes of at least 4 members (excludes halogenated alkanes) is 2. The standard InChI is InChI=1S/C9H16N2O2/c1-2-3-4-5-11-9(13)6-8(7-12)10-11/h6,10,12H,2-5,7H2,1H3. The Bertz CT molecular complexity index is 301. The van der Waals surface area contributed by atoms with Crippen LogP contribution in [-0.2, 0) is 13.2 Å². The molecule has 0 saturated carbocycles. The van der Waals surface area contributed by atoms with Gasteiger partial charge in [0, 0.05) is 12.6 Å². The van der Waals surface area contributed by atoms with Gasteiger partial charge in [0.05, 0.1) is 12.3 Å². The largest absolute Gasteiger partial charge is 0.390 e. The van der Waals surface area contributed by atoms with Crippen LogP contribution in [0.3, 0.4) is 0 Å². The molecule has 0 spiro atoms. The molecule has 0 unspecified atom stereocenters. The molecule has 0 bridgehead atoms. The van der Waals surface area contributed by atoms with Crippen LogP contribution in [0.2, 0.25) is 0 Å². The van der Waals surface area contributed by atoms with Gasteiger partial charge in [0.25, 0.3) is 5.56 Å². The van der Waals surface area contributed by atoms with Crippen LogP contribution in [-0.4, -0.2) is 14.9 Å². The highest BCUT2D eigenvalue weighted by atomic mass is 16.3. The lowest BCUT2D eigenvalue weighted by atomic mass is 10.2. The summed E-state index contributed by atoms with van der Waals surface area (Å²) >= 11 is 0. The van der Waals surface area contributed by atoms with E-state index in [1.54, 1.807) is 4.68 Å². The Morgan fingerprint density at radius 3 is 2.85 bits per heavy atom. The van der Waals surface area contributed by atoms with E-state index < -0.39 is 0 Å². The zero-order chi connectivity index (χ0) is 9.68. The highest BCUT2D eigenvalue weighted by molar-refractivity contribution is 4.97. The molecule has 74 valence electrons. The van der Waals surface area contributed by atoms with Crippen LogP contribution in [0.15, 0.2) is 10.9 Å². The summed E-state index contributed by atoms with van der Waals surface area (Å²) < 4.78 is 1.54. The van der Waals surface area contributed by atoms with Crippen LogP contribution in [0, 0.1) is 0 Å². The van der Waals surface area contributed by atoms with E-state index in [0.717, 1.165) is 19.3 Å². The Hall–Kier alpha value is -1.03. The van der Waals surface area contributed by atoms with Gasteiger partial charge in [-0.3, -0.25) is 14.6 Å². The maximum atomic E-state index is 11.2. The minimum atomic E-state index is -0.101. The molecule has 0 aliphatic rings. The maximum Gasteiger partial charge on any atom is 0.266 e. The van der Waals surface area contributed by atoms with E-state index >= 15 is 0 Å². The lowest BCUT2D eigenvalue weighted by Gasteiger charge is -1.99. The summed E-state index contributed by atoms with van der Waals surface area (Å²) in [5, 5.41) is 11.6. The van der Waals surface area contributed by atoms with Crippen molar-refractivity contribution >= 4 is 0 Å². The van der Waals surface area contributed by atoms with Crippen molar-refractivity contribution in [1.82, 2.24) is 9.78 Å². The summed E-state index contributed by atoms with van der Waals surface area (Å²) in [6, 6.07) is 1.44. The number of hydrogen-bond acceptors (Lipinski definition) is 2. The van der Waals surface area contributed by atoms with Crippen LogP contribution >= 0.6 is 0 Å². The van der Waals surface area contributed by atoms with Crippen LogP contribution in [0.25, 0.3) is 0 Å². The fourth-order valence-corrected chi connectivity index (χ4v) is 1.25. The molecule has 0 atom stereocenters. The Morgan fingerprint density at radius 2 is 2.31 bits per heavy atom. The lowest BCUT2D eigenvalue weighted by Crippen LogP contribution is -2.15. The Morgan fingerprint density at radius 1 is 1.54 bits per heavy atom. The van der Waals surface area contributed by atoms with Gasteiger partial charge in [-0.1, -0.05) is 19.8 Å². The molecule has 0 aromatic carbocycles. The van der Waals surface area contributed by atoms with E-state index in [1.165, 1.54) is 6.07 Å². The van der Waals surface area contributed by atoms with Gasteiger partial charge in [0.15, 0.2) is 0 Å². The van der Waals surface area contributed by atoms with Crippen LogP contribution in [0.1, 0.15) is 31.9 Å². The third-order valence-electron chi connectivity index (χ3n) is 2.00. The van der Waals surface area contributed by atoms with E-state index in [4.69, 9.17) is 5.11 Å². The molecular weight excluding hydrogens is 168 g/mol. The fourth-order valence-electron chi connectivity index (χ4n) is 1.25. The van der Waals surface area contributed by atoms with Crippen molar-refractivity contribution in [2.45, 2.75) is 39.3 Å². The molecule has 0 amide bonds. The summed E-state index contributed by atoms with van der Waals surface area (Å²) in [7, 11) is 0. The molecular formula is C9H16N2O2.